The van der Waals surface area contributed by atoms with Gasteiger partial charge >= 0.3 is 0 Å². The fourth-order valence-electron chi connectivity index (χ4n) is 2.42. The van der Waals surface area contributed by atoms with E-state index in [2.05, 4.69) is 44.8 Å². The zero-order valence-corrected chi connectivity index (χ0v) is 13.4. The zero-order chi connectivity index (χ0) is 16.1. The largest absolute Gasteiger partial charge is 0.376 e. The second kappa shape index (κ2) is 7.04. The standard InChI is InChI=1S/C16H21N7/c1-3-12(4-2)20-15-9-14(16-21-19-11-23(16)22-15)18-10-13-7-5-6-8-17-13/h5-9,11-12,18H,3-4,10H2,1-2H3,(H,20,22). The van der Waals surface area contributed by atoms with E-state index >= 15 is 0 Å². The molecule has 3 rings (SSSR count). The lowest BCUT2D eigenvalue weighted by Gasteiger charge is -2.16. The van der Waals surface area contributed by atoms with Crippen molar-refractivity contribution in [3.05, 3.63) is 42.5 Å². The number of pyridine rings is 1. The summed E-state index contributed by atoms with van der Waals surface area (Å²) in [5, 5.41) is 19.4. The molecule has 0 spiro atoms. The molecular formula is C16H21N7. The third-order valence-electron chi connectivity index (χ3n) is 3.79. The van der Waals surface area contributed by atoms with E-state index < -0.39 is 0 Å². The van der Waals surface area contributed by atoms with Crippen LogP contribution in [-0.4, -0.2) is 30.8 Å². The summed E-state index contributed by atoms with van der Waals surface area (Å²) in [5.74, 6) is 0.814. The summed E-state index contributed by atoms with van der Waals surface area (Å²) in [7, 11) is 0. The molecule has 2 N–H and O–H groups in total. The van der Waals surface area contributed by atoms with Crippen molar-refractivity contribution in [1.82, 2.24) is 24.8 Å². The quantitative estimate of drug-likeness (QED) is 0.698. The first-order valence-corrected chi connectivity index (χ1v) is 7.91. The molecule has 0 amide bonds. The van der Waals surface area contributed by atoms with Crippen molar-refractivity contribution in [2.45, 2.75) is 39.3 Å². The minimum absolute atomic E-state index is 0.403. The van der Waals surface area contributed by atoms with E-state index in [1.54, 1.807) is 17.0 Å². The van der Waals surface area contributed by atoms with Gasteiger partial charge in [-0.25, -0.2) is 0 Å². The Bertz CT molecular complexity index is 749. The summed E-state index contributed by atoms with van der Waals surface area (Å²) < 4.78 is 1.69. The molecule has 0 radical (unpaired) electrons. The van der Waals surface area contributed by atoms with Gasteiger partial charge in [-0.1, -0.05) is 19.9 Å². The molecule has 120 valence electrons. The Kier molecular flexibility index (Phi) is 4.65. The highest BCUT2D eigenvalue weighted by Crippen LogP contribution is 2.20. The molecule has 7 nitrogen and oxygen atoms in total. The van der Waals surface area contributed by atoms with Crippen LogP contribution < -0.4 is 10.6 Å². The molecule has 0 aliphatic heterocycles. The van der Waals surface area contributed by atoms with Crippen LogP contribution in [0.5, 0.6) is 0 Å². The molecule has 0 fully saturated rings. The van der Waals surface area contributed by atoms with Gasteiger partial charge in [0.25, 0.3) is 0 Å². The fourth-order valence-corrected chi connectivity index (χ4v) is 2.42. The Morgan fingerprint density at radius 1 is 1.22 bits per heavy atom. The third-order valence-corrected chi connectivity index (χ3v) is 3.79. The molecule has 23 heavy (non-hydrogen) atoms. The molecule has 7 heteroatoms. The maximum atomic E-state index is 4.51. The summed E-state index contributed by atoms with van der Waals surface area (Å²) in [4.78, 5) is 4.32. The summed E-state index contributed by atoms with van der Waals surface area (Å²) in [6, 6.07) is 8.25. The first kappa shape index (κ1) is 15.2. The van der Waals surface area contributed by atoms with Crippen molar-refractivity contribution in [2.24, 2.45) is 0 Å². The van der Waals surface area contributed by atoms with Gasteiger partial charge in [-0.2, -0.15) is 4.52 Å². The number of hydrogen-bond donors (Lipinski definition) is 2. The monoisotopic (exact) mass is 311 g/mol. The molecule has 0 saturated heterocycles. The number of rotatable bonds is 7. The molecule has 3 aromatic heterocycles. The second-order valence-corrected chi connectivity index (χ2v) is 5.37. The van der Waals surface area contributed by atoms with Crippen molar-refractivity contribution in [2.75, 3.05) is 10.6 Å². The number of fused-ring (bicyclic) bond motifs is 1. The Labute approximate surface area is 135 Å². The SMILES string of the molecule is CCC(CC)Nc1cc(NCc2ccccn2)c2nncn2n1. The number of hydrogen-bond acceptors (Lipinski definition) is 6. The number of nitrogens with zero attached hydrogens (tertiary/aromatic N) is 5. The molecule has 0 aliphatic rings. The van der Waals surface area contributed by atoms with Gasteiger partial charge in [0.1, 0.15) is 12.1 Å². The van der Waals surface area contributed by atoms with Crippen LogP contribution in [-0.2, 0) is 6.54 Å². The highest BCUT2D eigenvalue weighted by molar-refractivity contribution is 5.69. The molecule has 3 heterocycles. The first-order chi connectivity index (χ1) is 11.3. The highest BCUT2D eigenvalue weighted by atomic mass is 15.4. The van der Waals surface area contributed by atoms with Gasteiger partial charge in [0.2, 0.25) is 5.65 Å². The summed E-state index contributed by atoms with van der Waals surface area (Å²) in [5.41, 5.74) is 2.56. The van der Waals surface area contributed by atoms with E-state index in [0.29, 0.717) is 18.2 Å². The summed E-state index contributed by atoms with van der Waals surface area (Å²) in [6.07, 6.45) is 5.50. The topological polar surface area (TPSA) is 80.0 Å². The van der Waals surface area contributed by atoms with Gasteiger partial charge in [0, 0.05) is 18.3 Å². The van der Waals surface area contributed by atoms with E-state index in [9.17, 15) is 0 Å². The van der Waals surface area contributed by atoms with Crippen molar-refractivity contribution in [3.8, 4) is 0 Å². The van der Waals surface area contributed by atoms with Crippen LogP contribution in [0.15, 0.2) is 36.8 Å². The minimum atomic E-state index is 0.403. The van der Waals surface area contributed by atoms with Crippen molar-refractivity contribution in [3.63, 3.8) is 0 Å². The van der Waals surface area contributed by atoms with E-state index in [-0.39, 0.29) is 0 Å². The Morgan fingerprint density at radius 2 is 2.09 bits per heavy atom. The van der Waals surface area contributed by atoms with Gasteiger partial charge in [0.15, 0.2) is 0 Å². The van der Waals surface area contributed by atoms with Crippen LogP contribution in [0, 0.1) is 0 Å². The van der Waals surface area contributed by atoms with Crippen LogP contribution in [0.25, 0.3) is 5.65 Å². The lowest BCUT2D eigenvalue weighted by atomic mass is 10.2. The molecule has 0 aromatic carbocycles. The summed E-state index contributed by atoms with van der Waals surface area (Å²) >= 11 is 0. The van der Waals surface area contributed by atoms with E-state index in [0.717, 1.165) is 30.0 Å². The van der Waals surface area contributed by atoms with E-state index in [4.69, 9.17) is 0 Å². The molecule has 0 aliphatic carbocycles. The first-order valence-electron chi connectivity index (χ1n) is 7.91. The van der Waals surface area contributed by atoms with Crippen LogP contribution in [0.1, 0.15) is 32.4 Å². The van der Waals surface area contributed by atoms with Crippen LogP contribution in [0.4, 0.5) is 11.5 Å². The molecule has 0 unspecified atom stereocenters. The van der Waals surface area contributed by atoms with Crippen molar-refractivity contribution >= 4 is 17.2 Å². The van der Waals surface area contributed by atoms with Gasteiger partial charge in [-0.3, -0.25) is 4.98 Å². The lowest BCUT2D eigenvalue weighted by molar-refractivity contribution is 0.665. The normalized spacial score (nSPS) is 11.1. The van der Waals surface area contributed by atoms with Gasteiger partial charge < -0.3 is 10.6 Å². The Balaban J connectivity index is 1.84. The number of anilines is 2. The molecule has 0 atom stereocenters. The Hall–Kier alpha value is -2.70. The maximum absolute atomic E-state index is 4.51. The van der Waals surface area contributed by atoms with Crippen LogP contribution in [0.3, 0.4) is 0 Å². The van der Waals surface area contributed by atoms with Gasteiger partial charge in [-0.15, -0.1) is 15.3 Å². The van der Waals surface area contributed by atoms with Crippen molar-refractivity contribution in [1.29, 1.82) is 0 Å². The molecule has 0 bridgehead atoms. The average Bonchev–Trinajstić information content (AvgIpc) is 3.07. The third kappa shape index (κ3) is 3.56. The summed E-state index contributed by atoms with van der Waals surface area (Å²) in [6.45, 7) is 4.95. The van der Waals surface area contributed by atoms with Gasteiger partial charge in [-0.05, 0) is 25.0 Å². The Morgan fingerprint density at radius 3 is 2.83 bits per heavy atom. The lowest BCUT2D eigenvalue weighted by Crippen LogP contribution is -2.19. The van der Waals surface area contributed by atoms with Gasteiger partial charge in [0.05, 0.1) is 17.9 Å². The molecular weight excluding hydrogens is 290 g/mol. The molecule has 0 saturated carbocycles. The average molecular weight is 311 g/mol. The smallest absolute Gasteiger partial charge is 0.200 e. The fraction of sp³-hybridized carbons (Fsp3) is 0.375. The zero-order valence-electron chi connectivity index (χ0n) is 13.4. The van der Waals surface area contributed by atoms with E-state index in [1.165, 1.54) is 0 Å². The minimum Gasteiger partial charge on any atom is -0.376 e. The van der Waals surface area contributed by atoms with E-state index in [1.807, 2.05) is 24.3 Å². The molecule has 3 aromatic rings. The second-order valence-electron chi connectivity index (χ2n) is 5.37. The number of aromatic nitrogens is 5. The predicted octanol–water partition coefficient (Wildman–Crippen LogP) is 2.73. The van der Waals surface area contributed by atoms with Crippen molar-refractivity contribution < 1.29 is 0 Å². The van der Waals surface area contributed by atoms with Crippen LogP contribution >= 0.6 is 0 Å². The highest BCUT2D eigenvalue weighted by Gasteiger charge is 2.10. The van der Waals surface area contributed by atoms with Crippen LogP contribution in [0.2, 0.25) is 0 Å². The maximum Gasteiger partial charge on any atom is 0.200 e. The number of nitrogens with one attached hydrogen (secondary N) is 2. The predicted molar refractivity (Wildman–Crippen MR) is 90.3 cm³/mol.